The van der Waals surface area contributed by atoms with E-state index < -0.39 is 24.5 Å². The zero-order valence-electron chi connectivity index (χ0n) is 19.1. The van der Waals surface area contributed by atoms with E-state index in [2.05, 4.69) is 9.72 Å². The molecule has 0 aliphatic carbocycles. The molecule has 2 fully saturated rings. The summed E-state index contributed by atoms with van der Waals surface area (Å²) < 4.78 is 41.9. The monoisotopic (exact) mass is 475 g/mol. The molecule has 3 heterocycles. The number of carbonyl (C=O) groups excluding carboxylic acids is 2. The maximum atomic E-state index is 13.0. The standard InChI is InChI=1S/C24H27F2N3O5/c1-16-8-9-20(33-22(25)26)19(27-16)14-29-21(30)17(2)34-24(29)10-12-28(13-11-24)23(31)32-15-18-6-4-3-5-7-18/h3-9,17,22H,10-15H2,1-2H3/t17-/m0/s1. The number of alkyl halides is 2. The SMILES string of the molecule is Cc1ccc(OC(F)F)c(CN2C(=O)[C@H](C)OC23CCN(C(=O)OCc2ccccc2)CC3)n1. The summed E-state index contributed by atoms with van der Waals surface area (Å²) >= 11 is 0. The van der Waals surface area contributed by atoms with Crippen LogP contribution in [0.5, 0.6) is 5.75 Å². The second-order valence-corrected chi connectivity index (χ2v) is 8.43. The van der Waals surface area contributed by atoms with Gasteiger partial charge in [-0.3, -0.25) is 9.78 Å². The molecule has 0 unspecified atom stereocenters. The van der Waals surface area contributed by atoms with Crippen LogP contribution in [0, 0.1) is 6.92 Å². The number of hydrogen-bond acceptors (Lipinski definition) is 6. The van der Waals surface area contributed by atoms with Crippen molar-refractivity contribution in [2.75, 3.05) is 13.1 Å². The number of likely N-dealkylation sites (tertiary alicyclic amines) is 1. The minimum Gasteiger partial charge on any atom is -0.445 e. The highest BCUT2D eigenvalue weighted by atomic mass is 19.3. The molecule has 2 saturated heterocycles. The third-order valence-electron chi connectivity index (χ3n) is 6.11. The number of benzene rings is 1. The molecule has 2 aromatic rings. The second-order valence-electron chi connectivity index (χ2n) is 8.43. The molecule has 2 aliphatic rings. The smallest absolute Gasteiger partial charge is 0.410 e. The van der Waals surface area contributed by atoms with E-state index >= 15 is 0 Å². The Kier molecular flexibility index (Phi) is 6.97. The lowest BCUT2D eigenvalue weighted by molar-refractivity contribution is -0.144. The summed E-state index contributed by atoms with van der Waals surface area (Å²) in [6.07, 6.45) is -0.405. The van der Waals surface area contributed by atoms with Crippen molar-refractivity contribution < 1.29 is 32.6 Å². The molecular weight excluding hydrogens is 448 g/mol. The van der Waals surface area contributed by atoms with Crippen LogP contribution in [0.15, 0.2) is 42.5 Å². The highest BCUT2D eigenvalue weighted by Crippen LogP contribution is 2.39. The Morgan fingerprint density at radius 3 is 2.59 bits per heavy atom. The minimum atomic E-state index is -3.01. The van der Waals surface area contributed by atoms with Crippen LogP contribution in [-0.2, 0) is 27.4 Å². The fourth-order valence-corrected chi connectivity index (χ4v) is 4.39. The summed E-state index contributed by atoms with van der Waals surface area (Å²) in [6, 6.07) is 12.4. The lowest BCUT2D eigenvalue weighted by Crippen LogP contribution is -2.54. The van der Waals surface area contributed by atoms with Gasteiger partial charge in [-0.1, -0.05) is 30.3 Å². The summed E-state index contributed by atoms with van der Waals surface area (Å²) in [7, 11) is 0. The van der Waals surface area contributed by atoms with Crippen LogP contribution in [0.1, 0.15) is 36.7 Å². The number of piperidine rings is 1. The molecule has 1 aromatic carbocycles. The van der Waals surface area contributed by atoms with E-state index in [1.807, 2.05) is 30.3 Å². The average Bonchev–Trinajstić information content (AvgIpc) is 3.04. The number of carbonyl (C=O) groups is 2. The minimum absolute atomic E-state index is 0.0363. The van der Waals surface area contributed by atoms with Crippen LogP contribution in [-0.4, -0.2) is 58.3 Å². The van der Waals surface area contributed by atoms with Gasteiger partial charge < -0.3 is 24.0 Å². The van der Waals surface area contributed by atoms with Gasteiger partial charge in [0.1, 0.15) is 29.9 Å². The fraction of sp³-hybridized carbons (Fsp3) is 0.458. The molecule has 2 amide bonds. The summed E-state index contributed by atoms with van der Waals surface area (Å²) in [5.74, 6) is -0.337. The molecule has 8 nitrogen and oxygen atoms in total. The van der Waals surface area contributed by atoms with E-state index in [1.165, 1.54) is 11.0 Å². The molecule has 1 aromatic heterocycles. The van der Waals surface area contributed by atoms with E-state index in [0.29, 0.717) is 31.6 Å². The summed E-state index contributed by atoms with van der Waals surface area (Å²) in [5.41, 5.74) is 0.777. The number of ether oxygens (including phenoxy) is 3. The molecule has 1 spiro atoms. The molecule has 0 bridgehead atoms. The van der Waals surface area contributed by atoms with E-state index in [0.717, 1.165) is 5.56 Å². The number of aryl methyl sites for hydroxylation is 1. The zero-order valence-corrected chi connectivity index (χ0v) is 19.1. The Bertz CT molecular complexity index is 1030. The van der Waals surface area contributed by atoms with Crippen LogP contribution >= 0.6 is 0 Å². The maximum absolute atomic E-state index is 13.0. The largest absolute Gasteiger partial charge is 0.445 e. The third-order valence-corrected chi connectivity index (χ3v) is 6.11. The van der Waals surface area contributed by atoms with Gasteiger partial charge in [-0.15, -0.1) is 0 Å². The van der Waals surface area contributed by atoms with Gasteiger partial charge in [-0.2, -0.15) is 8.78 Å². The highest BCUT2D eigenvalue weighted by Gasteiger charge is 2.52. The molecule has 0 saturated carbocycles. The number of hydrogen-bond donors (Lipinski definition) is 0. The molecule has 0 radical (unpaired) electrons. The van der Waals surface area contributed by atoms with E-state index in [9.17, 15) is 18.4 Å². The van der Waals surface area contributed by atoms with E-state index in [1.54, 1.807) is 24.8 Å². The zero-order chi connectivity index (χ0) is 24.3. The third kappa shape index (κ3) is 5.11. The second kappa shape index (κ2) is 9.92. The first-order valence-corrected chi connectivity index (χ1v) is 11.1. The Labute approximate surface area is 196 Å². The van der Waals surface area contributed by atoms with Crippen molar-refractivity contribution in [2.24, 2.45) is 0 Å². The van der Waals surface area contributed by atoms with Crippen molar-refractivity contribution in [2.45, 2.75) is 58.3 Å². The topological polar surface area (TPSA) is 81.2 Å². The van der Waals surface area contributed by atoms with Gasteiger partial charge in [-0.25, -0.2) is 4.79 Å². The van der Waals surface area contributed by atoms with Gasteiger partial charge in [0, 0.05) is 31.6 Å². The predicted octanol–water partition coefficient (Wildman–Crippen LogP) is 3.87. The van der Waals surface area contributed by atoms with Gasteiger partial charge in [-0.05, 0) is 31.5 Å². The van der Waals surface area contributed by atoms with Crippen LogP contribution in [0.4, 0.5) is 13.6 Å². The Balaban J connectivity index is 1.45. The molecule has 2 aliphatic heterocycles. The lowest BCUT2D eigenvalue weighted by atomic mass is 9.98. The van der Waals surface area contributed by atoms with Crippen molar-refractivity contribution in [3.05, 3.63) is 59.4 Å². The molecule has 34 heavy (non-hydrogen) atoms. The van der Waals surface area contributed by atoms with Crippen molar-refractivity contribution in [1.29, 1.82) is 0 Å². The first kappa shape index (κ1) is 23.9. The van der Waals surface area contributed by atoms with Crippen LogP contribution in [0.2, 0.25) is 0 Å². The number of amides is 2. The number of rotatable bonds is 6. The van der Waals surface area contributed by atoms with Crippen molar-refractivity contribution in [3.63, 3.8) is 0 Å². The van der Waals surface area contributed by atoms with Crippen LogP contribution < -0.4 is 4.74 Å². The molecule has 0 N–H and O–H groups in total. The lowest BCUT2D eigenvalue weighted by Gasteiger charge is -2.43. The quantitative estimate of drug-likeness (QED) is 0.631. The first-order chi connectivity index (χ1) is 16.3. The van der Waals surface area contributed by atoms with Gasteiger partial charge in [0.25, 0.3) is 5.91 Å². The Morgan fingerprint density at radius 2 is 1.91 bits per heavy atom. The number of nitrogens with zero attached hydrogens (tertiary/aromatic N) is 3. The average molecular weight is 475 g/mol. The first-order valence-electron chi connectivity index (χ1n) is 11.1. The predicted molar refractivity (Wildman–Crippen MR) is 117 cm³/mol. The van der Waals surface area contributed by atoms with Gasteiger partial charge in [0.05, 0.1) is 6.54 Å². The van der Waals surface area contributed by atoms with Crippen LogP contribution in [0.25, 0.3) is 0 Å². The Morgan fingerprint density at radius 1 is 1.21 bits per heavy atom. The summed E-state index contributed by atoms with van der Waals surface area (Å²) in [6.45, 7) is 1.17. The van der Waals surface area contributed by atoms with Crippen molar-refractivity contribution in [1.82, 2.24) is 14.8 Å². The maximum Gasteiger partial charge on any atom is 0.410 e. The molecular formula is C24H27F2N3O5. The molecule has 4 rings (SSSR count). The van der Waals surface area contributed by atoms with Crippen LogP contribution in [0.3, 0.4) is 0 Å². The molecule has 1 atom stereocenters. The van der Waals surface area contributed by atoms with Gasteiger partial charge in [0.15, 0.2) is 0 Å². The highest BCUT2D eigenvalue weighted by molar-refractivity contribution is 5.83. The van der Waals surface area contributed by atoms with E-state index in [-0.39, 0.29) is 30.5 Å². The van der Waals surface area contributed by atoms with Crippen molar-refractivity contribution >= 4 is 12.0 Å². The number of pyridine rings is 1. The van der Waals surface area contributed by atoms with Gasteiger partial charge in [0.2, 0.25) is 0 Å². The number of aromatic nitrogens is 1. The van der Waals surface area contributed by atoms with Gasteiger partial charge >= 0.3 is 12.7 Å². The molecule has 10 heteroatoms. The summed E-state index contributed by atoms with van der Waals surface area (Å²) in [5, 5.41) is 0. The Hall–Kier alpha value is -3.27. The summed E-state index contributed by atoms with van der Waals surface area (Å²) in [4.78, 5) is 32.9. The van der Waals surface area contributed by atoms with E-state index in [4.69, 9.17) is 9.47 Å². The number of halogens is 2. The fourth-order valence-electron chi connectivity index (χ4n) is 4.39. The van der Waals surface area contributed by atoms with Crippen molar-refractivity contribution in [3.8, 4) is 5.75 Å². The normalized spacial score (nSPS) is 19.7. The molecule has 182 valence electrons.